The average Bonchev–Trinajstić information content (AvgIpc) is 2.80. The highest BCUT2D eigenvalue weighted by Crippen LogP contribution is 2.32. The molecule has 3 aromatic carbocycles. The molecule has 6 nitrogen and oxygen atoms in total. The van der Waals surface area contributed by atoms with Crippen molar-refractivity contribution >= 4 is 55.8 Å². The van der Waals surface area contributed by atoms with E-state index in [1.54, 1.807) is 30.3 Å². The summed E-state index contributed by atoms with van der Waals surface area (Å²) in [6.07, 6.45) is -1.08. The van der Waals surface area contributed by atoms with Crippen LogP contribution >= 0.6 is 38.5 Å². The van der Waals surface area contributed by atoms with Crippen molar-refractivity contribution in [1.82, 2.24) is 5.48 Å². The monoisotopic (exact) mass is 636 g/mol. The van der Waals surface area contributed by atoms with Gasteiger partial charge in [0.1, 0.15) is 30.9 Å². The minimum Gasteiger partial charge on any atom is -0.491 e. The number of aliphatic hydroxyl groups is 1. The highest BCUT2D eigenvalue weighted by atomic mass is 127. The Kier molecular flexibility index (Phi) is 8.95. The second-order valence-electron chi connectivity index (χ2n) is 6.68. The summed E-state index contributed by atoms with van der Waals surface area (Å²) in [6.45, 7) is -0.437. The first kappa shape index (κ1) is 25.3. The van der Waals surface area contributed by atoms with E-state index in [0.717, 1.165) is 6.07 Å². The van der Waals surface area contributed by atoms with Crippen molar-refractivity contribution in [1.29, 1.82) is 0 Å². The average molecular weight is 637 g/mol. The van der Waals surface area contributed by atoms with Crippen LogP contribution in [-0.4, -0.2) is 30.3 Å². The zero-order valence-electron chi connectivity index (χ0n) is 16.7. The molecule has 3 aromatic rings. The first-order valence-corrected chi connectivity index (χ1v) is 11.3. The van der Waals surface area contributed by atoms with Crippen LogP contribution in [-0.2, 0) is 4.84 Å². The van der Waals surface area contributed by atoms with Crippen molar-refractivity contribution in [2.24, 2.45) is 0 Å². The fraction of sp³-hybridized carbons (Fsp3) is 0.136. The third-order valence-electron chi connectivity index (χ3n) is 4.22. The number of carbonyl (C=O) groups is 1. The molecule has 0 saturated heterocycles. The van der Waals surface area contributed by atoms with Gasteiger partial charge in [-0.1, -0.05) is 18.2 Å². The Balaban J connectivity index is 1.67. The van der Waals surface area contributed by atoms with E-state index in [1.165, 1.54) is 12.1 Å². The number of benzene rings is 3. The van der Waals surface area contributed by atoms with Crippen LogP contribution in [0.3, 0.4) is 0 Å². The number of para-hydroxylation sites is 1. The van der Waals surface area contributed by atoms with Crippen LogP contribution in [0.15, 0.2) is 59.1 Å². The molecule has 0 aliphatic heterocycles. The van der Waals surface area contributed by atoms with Crippen LogP contribution in [0.2, 0.25) is 0 Å². The summed E-state index contributed by atoms with van der Waals surface area (Å²) in [7, 11) is 0. The Hall–Kier alpha value is -2.35. The number of rotatable bonds is 9. The number of amides is 1. The van der Waals surface area contributed by atoms with Crippen LogP contribution in [0, 0.1) is 21.0 Å². The molecule has 0 fully saturated rings. The maximum absolute atomic E-state index is 14.6. The van der Waals surface area contributed by atoms with E-state index in [1.807, 2.05) is 28.7 Å². The third-order valence-corrected chi connectivity index (χ3v) is 5.47. The molecule has 1 amide bonds. The van der Waals surface area contributed by atoms with Crippen molar-refractivity contribution < 1.29 is 32.6 Å². The molecule has 3 rings (SSSR count). The predicted octanol–water partition coefficient (Wildman–Crippen LogP) is 5.32. The van der Waals surface area contributed by atoms with Crippen molar-refractivity contribution in [2.45, 2.75) is 6.10 Å². The van der Waals surface area contributed by atoms with E-state index in [-0.39, 0.29) is 28.9 Å². The van der Waals surface area contributed by atoms with Crippen LogP contribution < -0.4 is 15.5 Å². The quantitative estimate of drug-likeness (QED) is 0.168. The van der Waals surface area contributed by atoms with E-state index in [4.69, 9.17) is 9.57 Å². The Labute approximate surface area is 209 Å². The molecular formula is C22H17BrF3IN2O4. The SMILES string of the molecule is O=C(NOCC(O)COc1ccccc1)c1cc(Br)c(F)c(F)c1Nc1ccc(I)cc1F. The lowest BCUT2D eigenvalue weighted by Crippen LogP contribution is -2.31. The Morgan fingerprint density at radius 1 is 1.06 bits per heavy atom. The van der Waals surface area contributed by atoms with E-state index in [9.17, 15) is 23.1 Å². The second-order valence-corrected chi connectivity index (χ2v) is 8.78. The number of halogens is 5. The molecule has 1 unspecified atom stereocenters. The third kappa shape index (κ3) is 6.82. The van der Waals surface area contributed by atoms with Gasteiger partial charge in [-0.2, -0.15) is 0 Å². The highest BCUT2D eigenvalue weighted by molar-refractivity contribution is 14.1. The zero-order valence-corrected chi connectivity index (χ0v) is 20.5. The molecule has 0 aromatic heterocycles. The minimum atomic E-state index is -1.39. The number of hydrogen-bond acceptors (Lipinski definition) is 5. The summed E-state index contributed by atoms with van der Waals surface area (Å²) in [5.74, 6) is -3.75. The highest BCUT2D eigenvalue weighted by Gasteiger charge is 2.23. The summed E-state index contributed by atoms with van der Waals surface area (Å²) >= 11 is 4.75. The lowest BCUT2D eigenvalue weighted by Gasteiger charge is -2.16. The first-order valence-electron chi connectivity index (χ1n) is 9.44. The van der Waals surface area contributed by atoms with E-state index in [2.05, 4.69) is 26.7 Å². The van der Waals surface area contributed by atoms with Crippen molar-refractivity contribution in [2.75, 3.05) is 18.5 Å². The van der Waals surface area contributed by atoms with Crippen LogP contribution in [0.4, 0.5) is 24.5 Å². The fourth-order valence-corrected chi connectivity index (χ4v) is 3.49. The van der Waals surface area contributed by atoms with E-state index < -0.39 is 35.2 Å². The molecule has 3 N–H and O–H groups in total. The Morgan fingerprint density at radius 3 is 2.48 bits per heavy atom. The van der Waals surface area contributed by atoms with Crippen molar-refractivity contribution in [3.63, 3.8) is 0 Å². The van der Waals surface area contributed by atoms with Crippen molar-refractivity contribution in [3.05, 3.63) is 85.7 Å². The summed E-state index contributed by atoms with van der Waals surface area (Å²) < 4.78 is 48.6. The molecule has 0 aliphatic carbocycles. The number of hydrogen-bond donors (Lipinski definition) is 3. The van der Waals surface area contributed by atoms with Crippen molar-refractivity contribution in [3.8, 4) is 5.75 Å². The van der Waals surface area contributed by atoms with Gasteiger partial charge < -0.3 is 15.2 Å². The number of carbonyl (C=O) groups excluding carboxylic acids is 1. The number of aliphatic hydroxyl groups excluding tert-OH is 1. The molecule has 174 valence electrons. The van der Waals surface area contributed by atoms with Gasteiger partial charge in [-0.3, -0.25) is 9.63 Å². The molecule has 0 radical (unpaired) electrons. The van der Waals surface area contributed by atoms with Gasteiger partial charge in [0.25, 0.3) is 5.91 Å². The van der Waals surface area contributed by atoms with Crippen LogP contribution in [0.25, 0.3) is 0 Å². The standard InChI is InChI=1S/C22H17BrF3IN2O4/c23-16-9-15(21(20(26)19(16)25)28-18-7-6-12(27)8-17(18)24)22(31)29-33-11-13(30)10-32-14-4-2-1-3-5-14/h1-9,13,28,30H,10-11H2,(H,29,31). The summed E-state index contributed by atoms with van der Waals surface area (Å²) in [6, 6.07) is 13.9. The summed E-state index contributed by atoms with van der Waals surface area (Å²) in [5.41, 5.74) is 0.967. The number of hydroxylamine groups is 1. The molecule has 0 saturated carbocycles. The van der Waals surface area contributed by atoms with Gasteiger partial charge >= 0.3 is 0 Å². The summed E-state index contributed by atoms with van der Waals surface area (Å²) in [5, 5.41) is 12.4. The van der Waals surface area contributed by atoms with Crippen LogP contribution in [0.1, 0.15) is 10.4 Å². The van der Waals surface area contributed by atoms with E-state index in [0.29, 0.717) is 9.32 Å². The summed E-state index contributed by atoms with van der Waals surface area (Å²) in [4.78, 5) is 17.6. The van der Waals surface area contributed by atoms with E-state index >= 15 is 0 Å². The van der Waals surface area contributed by atoms with Gasteiger partial charge in [0.05, 0.1) is 21.4 Å². The molecule has 0 spiro atoms. The first-order chi connectivity index (χ1) is 15.8. The van der Waals surface area contributed by atoms with Gasteiger partial charge in [-0.25, -0.2) is 18.7 Å². The lowest BCUT2D eigenvalue weighted by atomic mass is 10.1. The molecule has 33 heavy (non-hydrogen) atoms. The minimum absolute atomic E-state index is 0.102. The molecule has 0 heterocycles. The smallest absolute Gasteiger partial charge is 0.277 e. The molecular weight excluding hydrogens is 620 g/mol. The second kappa shape index (κ2) is 11.7. The van der Waals surface area contributed by atoms with Gasteiger partial charge in [0.15, 0.2) is 11.6 Å². The largest absolute Gasteiger partial charge is 0.491 e. The molecule has 11 heteroatoms. The Bertz CT molecular complexity index is 1140. The zero-order chi connectivity index (χ0) is 24.0. The topological polar surface area (TPSA) is 79.8 Å². The molecule has 1 atom stereocenters. The predicted molar refractivity (Wildman–Crippen MR) is 128 cm³/mol. The van der Waals surface area contributed by atoms with Gasteiger partial charge in [0, 0.05) is 3.57 Å². The number of anilines is 2. The van der Waals surface area contributed by atoms with Gasteiger partial charge in [0.2, 0.25) is 0 Å². The Morgan fingerprint density at radius 2 is 1.79 bits per heavy atom. The number of ether oxygens (including phenoxy) is 1. The molecule has 0 bridgehead atoms. The maximum atomic E-state index is 14.6. The maximum Gasteiger partial charge on any atom is 0.277 e. The molecule has 0 aliphatic rings. The van der Waals surface area contributed by atoms with Gasteiger partial charge in [-0.15, -0.1) is 0 Å². The fourth-order valence-electron chi connectivity index (χ4n) is 2.64. The lowest BCUT2D eigenvalue weighted by molar-refractivity contribution is -0.0259. The van der Waals surface area contributed by atoms with Crippen LogP contribution in [0.5, 0.6) is 5.75 Å². The van der Waals surface area contributed by atoms with Gasteiger partial charge in [-0.05, 0) is 74.9 Å². The number of nitrogens with one attached hydrogen (secondary N) is 2. The normalized spacial score (nSPS) is 11.7.